The van der Waals surface area contributed by atoms with Crippen LogP contribution >= 0.6 is 0 Å². The molecule has 1 saturated carbocycles. The molecule has 0 heterocycles. The Morgan fingerprint density at radius 3 is 2.67 bits per heavy atom. The maximum absolute atomic E-state index is 5.11. The van der Waals surface area contributed by atoms with E-state index in [0.29, 0.717) is 5.92 Å². The molecule has 1 rings (SSSR count). The van der Waals surface area contributed by atoms with E-state index in [1.165, 1.54) is 45.1 Å². The second-order valence-corrected chi connectivity index (χ2v) is 5.06. The van der Waals surface area contributed by atoms with Gasteiger partial charge in [-0.15, -0.1) is 0 Å². The molecule has 0 amide bonds. The molecular weight excluding hydrogens is 186 g/mol. The normalized spacial score (nSPS) is 20.4. The highest BCUT2D eigenvalue weighted by molar-refractivity contribution is 4.67. The molecule has 90 valence electrons. The first-order valence-electron chi connectivity index (χ1n) is 6.52. The molecule has 2 heteroatoms. The third-order valence-electron chi connectivity index (χ3n) is 3.40. The first kappa shape index (κ1) is 13.0. The van der Waals surface area contributed by atoms with Crippen molar-refractivity contribution in [2.45, 2.75) is 45.4 Å². The van der Waals surface area contributed by atoms with E-state index >= 15 is 0 Å². The predicted molar refractivity (Wildman–Crippen MR) is 65.1 cm³/mol. The van der Waals surface area contributed by atoms with Gasteiger partial charge in [0, 0.05) is 13.7 Å². The zero-order chi connectivity index (χ0) is 10.9. The largest absolute Gasteiger partial charge is 0.384 e. The minimum Gasteiger partial charge on any atom is -0.384 e. The molecule has 1 atom stereocenters. The van der Waals surface area contributed by atoms with E-state index in [1.807, 2.05) is 0 Å². The van der Waals surface area contributed by atoms with Crippen LogP contribution in [0.4, 0.5) is 0 Å². The molecule has 1 fully saturated rings. The zero-order valence-corrected chi connectivity index (χ0v) is 10.4. The van der Waals surface area contributed by atoms with Crippen LogP contribution in [0, 0.1) is 11.8 Å². The molecule has 0 aromatic rings. The molecule has 0 spiro atoms. The Morgan fingerprint density at radius 2 is 2.00 bits per heavy atom. The van der Waals surface area contributed by atoms with Gasteiger partial charge in [-0.1, -0.05) is 39.0 Å². The van der Waals surface area contributed by atoms with E-state index in [-0.39, 0.29) is 0 Å². The van der Waals surface area contributed by atoms with Gasteiger partial charge in [0.2, 0.25) is 0 Å². The van der Waals surface area contributed by atoms with Crippen LogP contribution in [-0.2, 0) is 4.74 Å². The van der Waals surface area contributed by atoms with Crippen molar-refractivity contribution in [1.82, 2.24) is 5.32 Å². The van der Waals surface area contributed by atoms with Gasteiger partial charge in [0.1, 0.15) is 0 Å². The molecule has 0 radical (unpaired) electrons. The second-order valence-electron chi connectivity index (χ2n) is 5.06. The highest BCUT2D eigenvalue weighted by Crippen LogP contribution is 2.25. The van der Waals surface area contributed by atoms with E-state index in [0.717, 1.165) is 19.1 Å². The van der Waals surface area contributed by atoms with Gasteiger partial charge in [-0.25, -0.2) is 0 Å². The van der Waals surface area contributed by atoms with Crippen molar-refractivity contribution in [2.75, 3.05) is 26.8 Å². The van der Waals surface area contributed by atoms with Crippen molar-refractivity contribution in [3.8, 4) is 0 Å². The van der Waals surface area contributed by atoms with Crippen molar-refractivity contribution in [2.24, 2.45) is 11.8 Å². The fourth-order valence-electron chi connectivity index (χ4n) is 2.47. The summed E-state index contributed by atoms with van der Waals surface area (Å²) in [7, 11) is 1.78. The summed E-state index contributed by atoms with van der Waals surface area (Å²) in [6.07, 6.45) is 8.70. The van der Waals surface area contributed by atoms with E-state index in [4.69, 9.17) is 4.74 Å². The number of nitrogens with one attached hydrogen (secondary N) is 1. The number of ether oxygens (including phenoxy) is 1. The van der Waals surface area contributed by atoms with E-state index in [1.54, 1.807) is 7.11 Å². The molecule has 0 aliphatic heterocycles. The second kappa shape index (κ2) is 8.12. The standard InChI is InChI=1S/C13H27NO/c1-12(11-15-2)10-14-9-8-13-6-4-3-5-7-13/h12-14H,3-11H2,1-2H3. The first-order valence-corrected chi connectivity index (χ1v) is 6.52. The van der Waals surface area contributed by atoms with Crippen LogP contribution < -0.4 is 5.32 Å². The average Bonchev–Trinajstić information content (AvgIpc) is 2.26. The van der Waals surface area contributed by atoms with E-state index < -0.39 is 0 Å². The minimum absolute atomic E-state index is 0.640. The Bertz CT molecular complexity index is 143. The van der Waals surface area contributed by atoms with Crippen molar-refractivity contribution < 1.29 is 4.74 Å². The fraction of sp³-hybridized carbons (Fsp3) is 1.00. The number of hydrogen-bond donors (Lipinski definition) is 1. The van der Waals surface area contributed by atoms with E-state index in [2.05, 4.69) is 12.2 Å². The Morgan fingerprint density at radius 1 is 1.27 bits per heavy atom. The summed E-state index contributed by atoms with van der Waals surface area (Å²) < 4.78 is 5.11. The van der Waals surface area contributed by atoms with Crippen LogP contribution in [0.1, 0.15) is 45.4 Å². The lowest BCUT2D eigenvalue weighted by atomic mass is 9.87. The molecule has 1 N–H and O–H groups in total. The third-order valence-corrected chi connectivity index (χ3v) is 3.40. The first-order chi connectivity index (χ1) is 7.33. The molecule has 2 nitrogen and oxygen atoms in total. The Labute approximate surface area is 94.8 Å². The SMILES string of the molecule is COCC(C)CNCCC1CCCCC1. The summed E-state index contributed by atoms with van der Waals surface area (Å²) in [6, 6.07) is 0. The summed E-state index contributed by atoms with van der Waals surface area (Å²) in [6.45, 7) is 5.40. The van der Waals surface area contributed by atoms with E-state index in [9.17, 15) is 0 Å². The van der Waals surface area contributed by atoms with Gasteiger partial charge in [0.25, 0.3) is 0 Å². The van der Waals surface area contributed by atoms with Crippen LogP contribution in [0.5, 0.6) is 0 Å². The lowest BCUT2D eigenvalue weighted by Crippen LogP contribution is -2.26. The van der Waals surface area contributed by atoms with Gasteiger partial charge in [0.15, 0.2) is 0 Å². The molecule has 0 saturated heterocycles. The van der Waals surface area contributed by atoms with Gasteiger partial charge in [-0.05, 0) is 31.3 Å². The van der Waals surface area contributed by atoms with Crippen LogP contribution in [0.2, 0.25) is 0 Å². The molecule has 0 aromatic carbocycles. The van der Waals surface area contributed by atoms with Gasteiger partial charge in [-0.2, -0.15) is 0 Å². The van der Waals surface area contributed by atoms with Crippen LogP contribution in [0.25, 0.3) is 0 Å². The minimum atomic E-state index is 0.640. The van der Waals surface area contributed by atoms with Gasteiger partial charge in [-0.3, -0.25) is 0 Å². The number of methoxy groups -OCH3 is 1. The van der Waals surface area contributed by atoms with Gasteiger partial charge >= 0.3 is 0 Å². The molecule has 0 aromatic heterocycles. The maximum Gasteiger partial charge on any atom is 0.0499 e. The highest BCUT2D eigenvalue weighted by Gasteiger charge is 2.12. The number of rotatable bonds is 7. The monoisotopic (exact) mass is 213 g/mol. The Kier molecular flexibility index (Phi) is 7.03. The van der Waals surface area contributed by atoms with Crippen LogP contribution in [-0.4, -0.2) is 26.8 Å². The Balaban J connectivity index is 1.91. The van der Waals surface area contributed by atoms with Crippen LogP contribution in [0.15, 0.2) is 0 Å². The Hall–Kier alpha value is -0.0800. The lowest BCUT2D eigenvalue weighted by molar-refractivity contribution is 0.158. The average molecular weight is 213 g/mol. The van der Waals surface area contributed by atoms with Crippen LogP contribution in [0.3, 0.4) is 0 Å². The molecule has 15 heavy (non-hydrogen) atoms. The quantitative estimate of drug-likeness (QED) is 0.657. The van der Waals surface area contributed by atoms with Crippen molar-refractivity contribution in [1.29, 1.82) is 0 Å². The number of hydrogen-bond acceptors (Lipinski definition) is 2. The molecule has 1 aliphatic carbocycles. The van der Waals surface area contributed by atoms with Crippen molar-refractivity contribution >= 4 is 0 Å². The molecular formula is C13H27NO. The molecule has 1 aliphatic rings. The highest BCUT2D eigenvalue weighted by atomic mass is 16.5. The summed E-state index contributed by atoms with van der Waals surface area (Å²) >= 11 is 0. The summed E-state index contributed by atoms with van der Waals surface area (Å²) in [5, 5.41) is 3.54. The maximum atomic E-state index is 5.11. The molecule has 0 bridgehead atoms. The third kappa shape index (κ3) is 6.16. The molecule has 1 unspecified atom stereocenters. The fourth-order valence-corrected chi connectivity index (χ4v) is 2.47. The lowest BCUT2D eigenvalue weighted by Gasteiger charge is -2.21. The van der Waals surface area contributed by atoms with Gasteiger partial charge < -0.3 is 10.1 Å². The summed E-state index contributed by atoms with van der Waals surface area (Å²) in [5.41, 5.74) is 0. The predicted octanol–water partition coefficient (Wildman–Crippen LogP) is 2.83. The topological polar surface area (TPSA) is 21.3 Å². The summed E-state index contributed by atoms with van der Waals surface area (Å²) in [4.78, 5) is 0. The summed E-state index contributed by atoms with van der Waals surface area (Å²) in [5.74, 6) is 1.64. The van der Waals surface area contributed by atoms with Gasteiger partial charge in [0.05, 0.1) is 0 Å². The van der Waals surface area contributed by atoms with Crippen molar-refractivity contribution in [3.05, 3.63) is 0 Å². The zero-order valence-electron chi connectivity index (χ0n) is 10.4. The smallest absolute Gasteiger partial charge is 0.0499 e. The van der Waals surface area contributed by atoms with Crippen molar-refractivity contribution in [3.63, 3.8) is 0 Å².